The van der Waals surface area contributed by atoms with Crippen LogP contribution in [-0.2, 0) is 17.6 Å². The number of tetrazole rings is 1. The molecule has 0 saturated carbocycles. The third-order valence-electron chi connectivity index (χ3n) is 4.46. The quantitative estimate of drug-likeness (QED) is 0.601. The predicted molar refractivity (Wildman–Crippen MR) is 102 cm³/mol. The normalized spacial score (nSPS) is 11.8. The van der Waals surface area contributed by atoms with Crippen molar-refractivity contribution in [2.24, 2.45) is 0 Å². The Balaban J connectivity index is 1.69. The highest BCUT2D eigenvalue weighted by molar-refractivity contribution is 5.87. The first kappa shape index (κ1) is 20.1. The largest absolute Gasteiger partial charge is 0.478 e. The number of benzene rings is 2. The Morgan fingerprint density at radius 3 is 2.62 bits per heavy atom. The third kappa shape index (κ3) is 5.22. The zero-order valence-corrected chi connectivity index (χ0v) is 15.7. The van der Waals surface area contributed by atoms with E-state index in [1.807, 2.05) is 0 Å². The first-order valence-electron chi connectivity index (χ1n) is 9.03. The molecule has 0 aliphatic heterocycles. The Labute approximate surface area is 166 Å². The number of carboxylic acids is 1. The minimum Gasteiger partial charge on any atom is -0.478 e. The van der Waals surface area contributed by atoms with E-state index in [1.165, 1.54) is 22.9 Å². The number of carboxylic acid groups (broad SMARTS) is 1. The molecule has 0 spiro atoms. The number of halogens is 1. The van der Waals surface area contributed by atoms with Gasteiger partial charge in [-0.3, -0.25) is 4.79 Å². The molecular formula is C20H20FN5O3. The summed E-state index contributed by atoms with van der Waals surface area (Å²) in [6.07, 6.45) is 0.693. The molecule has 0 saturated heterocycles. The summed E-state index contributed by atoms with van der Waals surface area (Å²) in [5.41, 5.74) is 1.64. The molecule has 150 valence electrons. The van der Waals surface area contributed by atoms with Gasteiger partial charge in [0.25, 0.3) is 0 Å². The second kappa shape index (κ2) is 9.05. The van der Waals surface area contributed by atoms with E-state index in [-0.39, 0.29) is 23.7 Å². The van der Waals surface area contributed by atoms with Gasteiger partial charge < -0.3 is 10.4 Å². The third-order valence-corrected chi connectivity index (χ3v) is 4.46. The number of rotatable bonds is 8. The van der Waals surface area contributed by atoms with Gasteiger partial charge in [0, 0.05) is 13.0 Å². The number of aryl methyl sites for hydroxylation is 1. The molecule has 2 aromatic carbocycles. The molecule has 3 aromatic rings. The molecule has 0 aliphatic rings. The number of nitrogens with zero attached hydrogens (tertiary/aromatic N) is 4. The monoisotopic (exact) mass is 397 g/mol. The molecule has 1 amide bonds. The molecule has 0 aliphatic carbocycles. The van der Waals surface area contributed by atoms with Crippen molar-refractivity contribution in [2.45, 2.75) is 25.8 Å². The minimum absolute atomic E-state index is 0.196. The standard InChI is InChI=1S/C20H20FN5O3/c1-13-23-24-25-26(13)18(12-15-5-3-7-17(21)11-15)19(27)22-9-8-14-4-2-6-16(10-14)20(28)29/h2-7,10-11,18H,8-9,12H2,1H3,(H,22,27)(H,28,29). The molecule has 1 aromatic heterocycles. The SMILES string of the molecule is Cc1nnnn1C(Cc1cccc(F)c1)C(=O)NCCc1cccc(C(=O)O)c1. The second-order valence-corrected chi connectivity index (χ2v) is 6.57. The first-order chi connectivity index (χ1) is 13.9. The summed E-state index contributed by atoms with van der Waals surface area (Å²) < 4.78 is 14.9. The van der Waals surface area contributed by atoms with E-state index in [1.54, 1.807) is 37.3 Å². The zero-order chi connectivity index (χ0) is 20.8. The molecule has 2 N–H and O–H groups in total. The van der Waals surface area contributed by atoms with Gasteiger partial charge in [-0.05, 0) is 59.2 Å². The molecule has 0 radical (unpaired) electrons. The number of aromatic carboxylic acids is 1. The second-order valence-electron chi connectivity index (χ2n) is 6.57. The first-order valence-corrected chi connectivity index (χ1v) is 9.03. The van der Waals surface area contributed by atoms with E-state index in [0.717, 1.165) is 5.56 Å². The van der Waals surface area contributed by atoms with Crippen molar-refractivity contribution in [3.8, 4) is 0 Å². The lowest BCUT2D eigenvalue weighted by Crippen LogP contribution is -2.36. The van der Waals surface area contributed by atoms with Crippen LogP contribution in [0.2, 0.25) is 0 Å². The van der Waals surface area contributed by atoms with Crippen molar-refractivity contribution < 1.29 is 19.1 Å². The van der Waals surface area contributed by atoms with Crippen LogP contribution in [0.25, 0.3) is 0 Å². The van der Waals surface area contributed by atoms with Crippen LogP contribution in [0.1, 0.15) is 33.4 Å². The Morgan fingerprint density at radius 1 is 1.17 bits per heavy atom. The Hall–Kier alpha value is -3.62. The van der Waals surface area contributed by atoms with E-state index >= 15 is 0 Å². The van der Waals surface area contributed by atoms with Crippen LogP contribution in [-0.4, -0.2) is 43.7 Å². The lowest BCUT2D eigenvalue weighted by molar-refractivity contribution is -0.124. The number of hydrogen-bond acceptors (Lipinski definition) is 5. The number of hydrogen-bond donors (Lipinski definition) is 2. The molecule has 29 heavy (non-hydrogen) atoms. The molecule has 1 unspecified atom stereocenters. The summed E-state index contributed by atoms with van der Waals surface area (Å²) in [6, 6.07) is 11.8. The summed E-state index contributed by atoms with van der Waals surface area (Å²) in [5.74, 6) is -1.22. The van der Waals surface area contributed by atoms with Crippen molar-refractivity contribution >= 4 is 11.9 Å². The molecule has 1 heterocycles. The van der Waals surface area contributed by atoms with E-state index in [2.05, 4.69) is 20.8 Å². The average Bonchev–Trinajstić information content (AvgIpc) is 3.12. The van der Waals surface area contributed by atoms with Gasteiger partial charge in [-0.1, -0.05) is 24.3 Å². The number of carbonyl (C=O) groups is 2. The lowest BCUT2D eigenvalue weighted by atomic mass is 10.0. The van der Waals surface area contributed by atoms with Gasteiger partial charge in [-0.2, -0.15) is 0 Å². The maximum Gasteiger partial charge on any atom is 0.335 e. The van der Waals surface area contributed by atoms with E-state index in [9.17, 15) is 14.0 Å². The summed E-state index contributed by atoms with van der Waals surface area (Å²) in [6.45, 7) is 1.99. The zero-order valence-electron chi connectivity index (χ0n) is 15.7. The summed E-state index contributed by atoms with van der Waals surface area (Å²) in [7, 11) is 0. The van der Waals surface area contributed by atoms with Crippen molar-refractivity contribution in [1.29, 1.82) is 0 Å². The van der Waals surface area contributed by atoms with Crippen molar-refractivity contribution in [3.63, 3.8) is 0 Å². The Morgan fingerprint density at radius 2 is 1.93 bits per heavy atom. The van der Waals surface area contributed by atoms with E-state index < -0.39 is 12.0 Å². The van der Waals surface area contributed by atoms with Crippen molar-refractivity contribution in [1.82, 2.24) is 25.5 Å². The van der Waals surface area contributed by atoms with Gasteiger partial charge in [0.15, 0.2) is 0 Å². The van der Waals surface area contributed by atoms with Gasteiger partial charge in [0.05, 0.1) is 5.56 Å². The average molecular weight is 397 g/mol. The molecule has 0 fully saturated rings. The van der Waals surface area contributed by atoms with Crippen molar-refractivity contribution in [3.05, 3.63) is 76.9 Å². The smallest absolute Gasteiger partial charge is 0.335 e. The summed E-state index contributed by atoms with van der Waals surface area (Å²) >= 11 is 0. The van der Waals surface area contributed by atoms with Crippen LogP contribution in [0.4, 0.5) is 4.39 Å². The van der Waals surface area contributed by atoms with Gasteiger partial charge in [0.1, 0.15) is 17.7 Å². The fourth-order valence-electron chi connectivity index (χ4n) is 3.01. The van der Waals surface area contributed by atoms with Gasteiger partial charge in [-0.25, -0.2) is 13.9 Å². The van der Waals surface area contributed by atoms with Crippen LogP contribution in [0.3, 0.4) is 0 Å². The maximum absolute atomic E-state index is 13.5. The van der Waals surface area contributed by atoms with E-state index in [0.29, 0.717) is 24.4 Å². The number of amides is 1. The van der Waals surface area contributed by atoms with E-state index in [4.69, 9.17) is 5.11 Å². The highest BCUT2D eigenvalue weighted by atomic mass is 19.1. The maximum atomic E-state index is 13.5. The fourth-order valence-corrected chi connectivity index (χ4v) is 3.01. The molecular weight excluding hydrogens is 377 g/mol. The van der Waals surface area contributed by atoms with Crippen LogP contribution < -0.4 is 5.32 Å². The number of carbonyl (C=O) groups excluding carboxylic acids is 1. The topological polar surface area (TPSA) is 110 Å². The van der Waals surface area contributed by atoms with Crippen LogP contribution in [0.5, 0.6) is 0 Å². The fraction of sp³-hybridized carbons (Fsp3) is 0.250. The van der Waals surface area contributed by atoms with Crippen LogP contribution in [0.15, 0.2) is 48.5 Å². The lowest BCUT2D eigenvalue weighted by Gasteiger charge is -2.18. The van der Waals surface area contributed by atoms with Gasteiger partial charge in [0.2, 0.25) is 5.91 Å². The summed E-state index contributed by atoms with van der Waals surface area (Å²) in [5, 5.41) is 23.2. The molecule has 0 bridgehead atoms. The van der Waals surface area contributed by atoms with Crippen LogP contribution in [0, 0.1) is 12.7 Å². The van der Waals surface area contributed by atoms with Crippen LogP contribution >= 0.6 is 0 Å². The van der Waals surface area contributed by atoms with Gasteiger partial charge >= 0.3 is 5.97 Å². The Kier molecular flexibility index (Phi) is 6.28. The Bertz CT molecular complexity index is 1020. The number of nitrogens with one attached hydrogen (secondary N) is 1. The molecule has 8 nitrogen and oxygen atoms in total. The molecule has 9 heteroatoms. The summed E-state index contributed by atoms with van der Waals surface area (Å²) in [4.78, 5) is 23.9. The minimum atomic E-state index is -1.000. The highest BCUT2D eigenvalue weighted by Crippen LogP contribution is 2.16. The van der Waals surface area contributed by atoms with Gasteiger partial charge in [-0.15, -0.1) is 5.10 Å². The van der Waals surface area contributed by atoms with Crippen molar-refractivity contribution in [2.75, 3.05) is 6.54 Å². The number of aromatic nitrogens is 4. The molecule has 1 atom stereocenters. The highest BCUT2D eigenvalue weighted by Gasteiger charge is 2.24. The predicted octanol–water partition coefficient (Wildman–Crippen LogP) is 1.96. The molecule has 3 rings (SSSR count).